The van der Waals surface area contributed by atoms with Gasteiger partial charge >= 0.3 is 5.97 Å². The van der Waals surface area contributed by atoms with Crippen molar-refractivity contribution in [1.29, 1.82) is 0 Å². The average Bonchev–Trinajstić information content (AvgIpc) is 2.54. The molecule has 2 atom stereocenters. The molecule has 1 aliphatic rings. The Kier molecular flexibility index (Phi) is 4.32. The van der Waals surface area contributed by atoms with Gasteiger partial charge in [-0.1, -0.05) is 6.92 Å². The van der Waals surface area contributed by atoms with E-state index in [1.807, 2.05) is 11.9 Å². The molecule has 0 aromatic carbocycles. The molecule has 16 heavy (non-hydrogen) atoms. The molecule has 1 saturated heterocycles. The molecule has 0 amide bonds. The molecule has 0 aromatic heterocycles. The highest BCUT2D eigenvalue weighted by atomic mass is 32.2. The van der Waals surface area contributed by atoms with E-state index in [0.717, 1.165) is 0 Å². The van der Waals surface area contributed by atoms with Crippen LogP contribution in [0.1, 0.15) is 19.8 Å². The molecule has 1 aliphatic heterocycles. The number of hydrogen-bond donors (Lipinski definition) is 1. The molecule has 0 aliphatic carbocycles. The molecule has 1 heterocycles. The SMILES string of the molecule is CC(CCN(C)C1CCS(=O)(=O)C1)C(=O)O. The standard InChI is InChI=1S/C10H19NO4S/c1-8(10(12)13)3-5-11(2)9-4-6-16(14,15)7-9/h8-9H,3-7H2,1-2H3,(H,12,13). The minimum atomic E-state index is -2.85. The number of hydrogen-bond acceptors (Lipinski definition) is 4. The molecular formula is C10H19NO4S. The lowest BCUT2D eigenvalue weighted by atomic mass is 10.1. The van der Waals surface area contributed by atoms with Crippen LogP contribution in [0.3, 0.4) is 0 Å². The lowest BCUT2D eigenvalue weighted by Crippen LogP contribution is -2.34. The van der Waals surface area contributed by atoms with E-state index in [1.165, 1.54) is 0 Å². The van der Waals surface area contributed by atoms with Crippen LogP contribution >= 0.6 is 0 Å². The monoisotopic (exact) mass is 249 g/mol. The largest absolute Gasteiger partial charge is 0.481 e. The molecule has 0 spiro atoms. The third kappa shape index (κ3) is 3.75. The number of rotatable bonds is 5. The summed E-state index contributed by atoms with van der Waals surface area (Å²) in [5, 5.41) is 8.73. The van der Waals surface area contributed by atoms with E-state index in [-0.39, 0.29) is 23.5 Å². The normalized spacial score (nSPS) is 25.8. The van der Waals surface area contributed by atoms with Gasteiger partial charge in [-0.25, -0.2) is 8.42 Å². The highest BCUT2D eigenvalue weighted by Crippen LogP contribution is 2.17. The van der Waals surface area contributed by atoms with Crippen LogP contribution in [0.4, 0.5) is 0 Å². The summed E-state index contributed by atoms with van der Waals surface area (Å²) in [4.78, 5) is 12.6. The molecule has 6 heteroatoms. The van der Waals surface area contributed by atoms with Crippen molar-refractivity contribution in [1.82, 2.24) is 4.90 Å². The maximum absolute atomic E-state index is 11.3. The maximum Gasteiger partial charge on any atom is 0.306 e. The Morgan fingerprint density at radius 1 is 1.56 bits per heavy atom. The van der Waals surface area contributed by atoms with Gasteiger partial charge in [0.15, 0.2) is 9.84 Å². The number of carboxylic acid groups (broad SMARTS) is 1. The number of sulfone groups is 1. The van der Waals surface area contributed by atoms with Gasteiger partial charge in [0, 0.05) is 6.04 Å². The topological polar surface area (TPSA) is 74.7 Å². The maximum atomic E-state index is 11.3. The lowest BCUT2D eigenvalue weighted by Gasteiger charge is -2.23. The van der Waals surface area contributed by atoms with E-state index in [1.54, 1.807) is 6.92 Å². The first-order valence-electron chi connectivity index (χ1n) is 5.45. The Balaban J connectivity index is 2.37. The molecule has 0 aromatic rings. The first-order valence-corrected chi connectivity index (χ1v) is 7.27. The fraction of sp³-hybridized carbons (Fsp3) is 0.900. The Labute approximate surface area is 96.4 Å². The highest BCUT2D eigenvalue weighted by Gasteiger charge is 2.30. The van der Waals surface area contributed by atoms with Crippen molar-refractivity contribution in [2.75, 3.05) is 25.1 Å². The molecular weight excluding hydrogens is 230 g/mol. The van der Waals surface area contributed by atoms with Gasteiger partial charge in [0.1, 0.15) is 0 Å². The van der Waals surface area contributed by atoms with Crippen molar-refractivity contribution < 1.29 is 18.3 Å². The van der Waals surface area contributed by atoms with E-state index in [2.05, 4.69) is 0 Å². The molecule has 1 N–H and O–H groups in total. The second kappa shape index (κ2) is 5.14. The number of carbonyl (C=O) groups is 1. The second-order valence-electron chi connectivity index (χ2n) is 4.57. The van der Waals surface area contributed by atoms with Crippen LogP contribution in [0.25, 0.3) is 0 Å². The van der Waals surface area contributed by atoms with Gasteiger partial charge in [0.05, 0.1) is 17.4 Å². The summed E-state index contributed by atoms with van der Waals surface area (Å²) in [5.41, 5.74) is 0. The zero-order chi connectivity index (χ0) is 12.3. The molecule has 0 bridgehead atoms. The molecule has 2 unspecified atom stereocenters. The summed E-state index contributed by atoms with van der Waals surface area (Å²) < 4.78 is 22.5. The summed E-state index contributed by atoms with van der Waals surface area (Å²) >= 11 is 0. The fourth-order valence-electron chi connectivity index (χ4n) is 1.83. The Morgan fingerprint density at radius 3 is 2.62 bits per heavy atom. The summed E-state index contributed by atoms with van der Waals surface area (Å²) in [6.45, 7) is 2.30. The van der Waals surface area contributed by atoms with Crippen LogP contribution in [0.5, 0.6) is 0 Å². The van der Waals surface area contributed by atoms with Crippen molar-refractivity contribution in [3.05, 3.63) is 0 Å². The summed E-state index contributed by atoms with van der Waals surface area (Å²) in [6, 6.07) is 0.0611. The molecule has 1 rings (SSSR count). The Bertz CT molecular complexity index is 352. The first kappa shape index (κ1) is 13.4. The quantitative estimate of drug-likeness (QED) is 0.754. The van der Waals surface area contributed by atoms with Crippen molar-refractivity contribution in [2.45, 2.75) is 25.8 Å². The van der Waals surface area contributed by atoms with Crippen molar-refractivity contribution in [3.63, 3.8) is 0 Å². The highest BCUT2D eigenvalue weighted by molar-refractivity contribution is 7.91. The van der Waals surface area contributed by atoms with Gasteiger partial charge < -0.3 is 10.0 Å². The van der Waals surface area contributed by atoms with Crippen LogP contribution in [0, 0.1) is 5.92 Å². The van der Waals surface area contributed by atoms with Crippen molar-refractivity contribution in [3.8, 4) is 0 Å². The Hall–Kier alpha value is -0.620. The average molecular weight is 249 g/mol. The lowest BCUT2D eigenvalue weighted by molar-refractivity contribution is -0.141. The van der Waals surface area contributed by atoms with Crippen LogP contribution in [0.15, 0.2) is 0 Å². The fourth-order valence-corrected chi connectivity index (χ4v) is 3.63. The Morgan fingerprint density at radius 2 is 2.19 bits per heavy atom. The number of carboxylic acids is 1. The van der Waals surface area contributed by atoms with E-state index >= 15 is 0 Å². The predicted octanol–water partition coefficient (Wildman–Crippen LogP) is 0.216. The summed E-state index contributed by atoms with van der Waals surface area (Å²) in [6.07, 6.45) is 1.22. The third-order valence-electron chi connectivity index (χ3n) is 3.17. The van der Waals surface area contributed by atoms with Gasteiger partial charge in [0.25, 0.3) is 0 Å². The van der Waals surface area contributed by atoms with Crippen LogP contribution < -0.4 is 0 Å². The zero-order valence-corrected chi connectivity index (χ0v) is 10.5. The predicted molar refractivity (Wildman–Crippen MR) is 61.1 cm³/mol. The van der Waals surface area contributed by atoms with E-state index in [9.17, 15) is 13.2 Å². The van der Waals surface area contributed by atoms with Gasteiger partial charge in [-0.3, -0.25) is 4.79 Å². The van der Waals surface area contributed by atoms with E-state index in [0.29, 0.717) is 19.4 Å². The van der Waals surface area contributed by atoms with E-state index in [4.69, 9.17) is 5.11 Å². The van der Waals surface area contributed by atoms with Crippen molar-refractivity contribution in [2.24, 2.45) is 5.92 Å². The summed E-state index contributed by atoms with van der Waals surface area (Å²) in [5.74, 6) is -0.700. The minimum absolute atomic E-state index is 0.0611. The van der Waals surface area contributed by atoms with Gasteiger partial charge in [0.2, 0.25) is 0 Å². The number of aliphatic carboxylic acids is 1. The third-order valence-corrected chi connectivity index (χ3v) is 4.92. The van der Waals surface area contributed by atoms with Gasteiger partial charge in [-0.2, -0.15) is 0 Å². The van der Waals surface area contributed by atoms with E-state index < -0.39 is 15.8 Å². The summed E-state index contributed by atoms with van der Waals surface area (Å²) in [7, 11) is -0.992. The molecule has 0 radical (unpaired) electrons. The molecule has 1 fully saturated rings. The molecule has 94 valence electrons. The van der Waals surface area contributed by atoms with Crippen molar-refractivity contribution >= 4 is 15.8 Å². The van der Waals surface area contributed by atoms with Crippen LogP contribution in [0.2, 0.25) is 0 Å². The van der Waals surface area contributed by atoms with Gasteiger partial charge in [-0.05, 0) is 26.4 Å². The molecule has 5 nitrogen and oxygen atoms in total. The zero-order valence-electron chi connectivity index (χ0n) is 9.72. The minimum Gasteiger partial charge on any atom is -0.481 e. The van der Waals surface area contributed by atoms with Gasteiger partial charge in [-0.15, -0.1) is 0 Å². The first-order chi connectivity index (χ1) is 7.32. The van der Waals surface area contributed by atoms with Crippen LogP contribution in [-0.2, 0) is 14.6 Å². The molecule has 0 saturated carbocycles. The second-order valence-corrected chi connectivity index (χ2v) is 6.79. The van der Waals surface area contributed by atoms with Crippen LogP contribution in [-0.4, -0.2) is 55.5 Å². The smallest absolute Gasteiger partial charge is 0.306 e. The number of nitrogens with zero attached hydrogens (tertiary/aromatic N) is 1.